The standard InChI is InChI=1S/C22H28O4Si/c1-22(2,3)27(16-10-6-4-7-11-16,17-12-8-5-9-13-17)26-19-15-25-20-18(23)14-24-21(19)20/h4-13,18-21,23H,14-15H2,1-3H3. The van der Waals surface area contributed by atoms with Crippen molar-refractivity contribution >= 4 is 18.7 Å². The van der Waals surface area contributed by atoms with Crippen molar-refractivity contribution in [2.45, 2.75) is 50.2 Å². The molecule has 2 aromatic carbocycles. The Balaban J connectivity index is 1.81. The van der Waals surface area contributed by atoms with Crippen LogP contribution < -0.4 is 10.4 Å². The second kappa shape index (κ2) is 7.15. The summed E-state index contributed by atoms with van der Waals surface area (Å²) in [6.45, 7) is 7.55. The van der Waals surface area contributed by atoms with E-state index < -0.39 is 14.4 Å². The number of aliphatic hydroxyl groups is 1. The van der Waals surface area contributed by atoms with Crippen LogP contribution in [0.15, 0.2) is 60.7 Å². The van der Waals surface area contributed by atoms with Crippen LogP contribution in [0, 0.1) is 0 Å². The van der Waals surface area contributed by atoms with Gasteiger partial charge in [-0.2, -0.15) is 0 Å². The molecule has 0 amide bonds. The van der Waals surface area contributed by atoms with Crippen molar-refractivity contribution in [1.29, 1.82) is 0 Å². The summed E-state index contributed by atoms with van der Waals surface area (Å²) in [5.41, 5.74) is 0. The second-order valence-corrected chi connectivity index (χ2v) is 12.7. The molecule has 4 nitrogen and oxygen atoms in total. The molecule has 2 aliphatic rings. The highest BCUT2D eigenvalue weighted by Gasteiger charge is 2.56. The first-order valence-corrected chi connectivity index (χ1v) is 11.5. The van der Waals surface area contributed by atoms with Crippen LogP contribution in [0.5, 0.6) is 0 Å². The van der Waals surface area contributed by atoms with Gasteiger partial charge in [-0.3, -0.25) is 0 Å². The molecule has 27 heavy (non-hydrogen) atoms. The lowest BCUT2D eigenvalue weighted by molar-refractivity contribution is 0.00654. The van der Waals surface area contributed by atoms with E-state index in [1.54, 1.807) is 0 Å². The number of benzene rings is 2. The van der Waals surface area contributed by atoms with E-state index in [4.69, 9.17) is 13.9 Å². The maximum absolute atomic E-state index is 10.1. The summed E-state index contributed by atoms with van der Waals surface area (Å²) in [6.07, 6.45) is -1.24. The fourth-order valence-electron chi connectivity index (χ4n) is 4.46. The molecule has 2 saturated heterocycles. The highest BCUT2D eigenvalue weighted by atomic mass is 28.4. The fraction of sp³-hybridized carbons (Fsp3) is 0.455. The molecule has 2 aromatic rings. The van der Waals surface area contributed by atoms with Crippen LogP contribution in [0.4, 0.5) is 0 Å². The Morgan fingerprint density at radius 2 is 1.37 bits per heavy atom. The van der Waals surface area contributed by atoms with Crippen LogP contribution in [0.25, 0.3) is 0 Å². The van der Waals surface area contributed by atoms with Gasteiger partial charge in [0.25, 0.3) is 8.32 Å². The predicted molar refractivity (Wildman–Crippen MR) is 108 cm³/mol. The van der Waals surface area contributed by atoms with Gasteiger partial charge in [0, 0.05) is 0 Å². The maximum Gasteiger partial charge on any atom is 0.261 e. The number of ether oxygens (including phenoxy) is 2. The summed E-state index contributed by atoms with van der Waals surface area (Å²) in [5, 5.41) is 12.5. The second-order valence-electron chi connectivity index (χ2n) is 8.48. The monoisotopic (exact) mass is 384 g/mol. The summed E-state index contributed by atoms with van der Waals surface area (Å²) >= 11 is 0. The van der Waals surface area contributed by atoms with Crippen molar-refractivity contribution in [3.63, 3.8) is 0 Å². The molecule has 2 heterocycles. The zero-order valence-electron chi connectivity index (χ0n) is 16.2. The van der Waals surface area contributed by atoms with Crippen LogP contribution in [0.2, 0.25) is 5.04 Å². The van der Waals surface area contributed by atoms with E-state index in [0.717, 1.165) is 0 Å². The first kappa shape index (κ1) is 18.8. The van der Waals surface area contributed by atoms with Crippen molar-refractivity contribution < 1.29 is 19.0 Å². The van der Waals surface area contributed by atoms with Crippen molar-refractivity contribution in [2.24, 2.45) is 0 Å². The van der Waals surface area contributed by atoms with E-state index in [-0.39, 0.29) is 23.4 Å². The molecule has 0 saturated carbocycles. The van der Waals surface area contributed by atoms with Gasteiger partial charge in [-0.05, 0) is 15.4 Å². The first-order chi connectivity index (χ1) is 12.9. The summed E-state index contributed by atoms with van der Waals surface area (Å²) in [4.78, 5) is 0. The molecule has 2 fully saturated rings. The molecular weight excluding hydrogens is 356 g/mol. The molecule has 4 atom stereocenters. The van der Waals surface area contributed by atoms with Crippen molar-refractivity contribution in [2.75, 3.05) is 13.2 Å². The average molecular weight is 385 g/mol. The lowest BCUT2D eigenvalue weighted by atomic mass is 10.1. The zero-order chi connectivity index (χ0) is 19.1. The van der Waals surface area contributed by atoms with Crippen LogP contribution in [0.1, 0.15) is 20.8 Å². The van der Waals surface area contributed by atoms with Crippen LogP contribution in [-0.4, -0.2) is 51.1 Å². The summed E-state index contributed by atoms with van der Waals surface area (Å²) in [6, 6.07) is 21.1. The van der Waals surface area contributed by atoms with Crippen molar-refractivity contribution in [3.05, 3.63) is 60.7 Å². The van der Waals surface area contributed by atoms with Gasteiger partial charge in [-0.1, -0.05) is 81.4 Å². The summed E-state index contributed by atoms with van der Waals surface area (Å²) < 4.78 is 18.8. The third kappa shape index (κ3) is 3.17. The quantitative estimate of drug-likeness (QED) is 0.820. The van der Waals surface area contributed by atoms with Crippen molar-refractivity contribution in [1.82, 2.24) is 0 Å². The highest BCUT2D eigenvalue weighted by Crippen LogP contribution is 2.40. The SMILES string of the molecule is CC(C)(C)[Si](OC1COC2C(O)COC12)(c1ccccc1)c1ccccc1. The van der Waals surface area contributed by atoms with Crippen LogP contribution in [0.3, 0.4) is 0 Å². The third-order valence-electron chi connectivity index (χ3n) is 5.73. The topological polar surface area (TPSA) is 47.9 Å². The van der Waals surface area contributed by atoms with Crippen LogP contribution >= 0.6 is 0 Å². The molecule has 0 aromatic heterocycles. The molecule has 0 radical (unpaired) electrons. The highest BCUT2D eigenvalue weighted by molar-refractivity contribution is 6.99. The van der Waals surface area contributed by atoms with Gasteiger partial charge in [-0.15, -0.1) is 0 Å². The van der Waals surface area contributed by atoms with E-state index in [9.17, 15) is 5.11 Å². The minimum atomic E-state index is -2.64. The fourth-order valence-corrected chi connectivity index (χ4v) is 9.13. The molecule has 1 N–H and O–H groups in total. The molecule has 0 spiro atoms. The minimum Gasteiger partial charge on any atom is -0.399 e. The summed E-state index contributed by atoms with van der Waals surface area (Å²) in [5.74, 6) is 0. The Bertz CT molecular complexity index is 719. The smallest absolute Gasteiger partial charge is 0.261 e. The minimum absolute atomic E-state index is 0.0922. The molecule has 144 valence electrons. The Labute approximate surface area is 162 Å². The Morgan fingerprint density at radius 1 is 0.852 bits per heavy atom. The Kier molecular flexibility index (Phi) is 4.99. The van der Waals surface area contributed by atoms with Gasteiger partial charge in [0.15, 0.2) is 0 Å². The van der Waals surface area contributed by atoms with Crippen molar-refractivity contribution in [3.8, 4) is 0 Å². The molecule has 4 rings (SSSR count). The Morgan fingerprint density at radius 3 is 1.89 bits per heavy atom. The third-order valence-corrected chi connectivity index (χ3v) is 10.8. The van der Waals surface area contributed by atoms with E-state index in [1.807, 2.05) is 12.1 Å². The molecule has 2 aliphatic heterocycles. The van der Waals surface area contributed by atoms with E-state index >= 15 is 0 Å². The van der Waals surface area contributed by atoms with E-state index in [2.05, 4.69) is 69.3 Å². The molecular formula is C22H28O4Si. The van der Waals surface area contributed by atoms with Gasteiger partial charge in [0.1, 0.15) is 18.3 Å². The normalized spacial score (nSPS) is 28.3. The molecule has 4 unspecified atom stereocenters. The first-order valence-electron chi connectivity index (χ1n) is 9.63. The van der Waals surface area contributed by atoms with Gasteiger partial charge in [0.05, 0.1) is 19.3 Å². The van der Waals surface area contributed by atoms with E-state index in [0.29, 0.717) is 13.2 Å². The number of hydrogen-bond donors (Lipinski definition) is 1. The maximum atomic E-state index is 10.1. The lowest BCUT2D eigenvalue weighted by Crippen LogP contribution is -2.68. The summed E-state index contributed by atoms with van der Waals surface area (Å²) in [7, 11) is -2.64. The number of hydrogen-bond acceptors (Lipinski definition) is 4. The van der Waals surface area contributed by atoms with Crippen LogP contribution in [-0.2, 0) is 13.9 Å². The van der Waals surface area contributed by atoms with E-state index in [1.165, 1.54) is 10.4 Å². The molecule has 0 aliphatic carbocycles. The number of rotatable bonds is 4. The average Bonchev–Trinajstić information content (AvgIpc) is 3.23. The van der Waals surface area contributed by atoms with Gasteiger partial charge in [-0.25, -0.2) is 0 Å². The van der Waals surface area contributed by atoms with Gasteiger partial charge >= 0.3 is 0 Å². The Hall–Kier alpha value is -1.50. The molecule has 0 bridgehead atoms. The number of aliphatic hydroxyl groups excluding tert-OH is 1. The van der Waals surface area contributed by atoms with Gasteiger partial charge in [0.2, 0.25) is 0 Å². The van der Waals surface area contributed by atoms with Gasteiger partial charge < -0.3 is 19.0 Å². The largest absolute Gasteiger partial charge is 0.399 e. The predicted octanol–water partition coefficient (Wildman–Crippen LogP) is 2.09. The molecule has 5 heteroatoms. The lowest BCUT2D eigenvalue weighted by Gasteiger charge is -2.45. The number of fused-ring (bicyclic) bond motifs is 1. The zero-order valence-corrected chi connectivity index (χ0v) is 17.2.